The van der Waals surface area contributed by atoms with Gasteiger partial charge in [0.25, 0.3) is 0 Å². The van der Waals surface area contributed by atoms with Gasteiger partial charge in [0, 0.05) is 26.2 Å². The largest absolute Gasteiger partial charge is 0.354 e. The van der Waals surface area contributed by atoms with Gasteiger partial charge in [-0.25, -0.2) is 0 Å². The molecule has 0 saturated carbocycles. The van der Waals surface area contributed by atoms with Crippen LogP contribution in [0.15, 0.2) is 30.3 Å². The summed E-state index contributed by atoms with van der Waals surface area (Å²) in [6, 6.07) is 10.2. The summed E-state index contributed by atoms with van der Waals surface area (Å²) in [5.74, 6) is 1.90. The van der Waals surface area contributed by atoms with Crippen LogP contribution >= 0.6 is 0 Å². The van der Waals surface area contributed by atoms with Gasteiger partial charge in [-0.1, -0.05) is 30.3 Å². The van der Waals surface area contributed by atoms with Crippen LogP contribution in [0.25, 0.3) is 0 Å². The quantitative estimate of drug-likeness (QED) is 0.781. The van der Waals surface area contributed by atoms with Crippen LogP contribution in [0.4, 0.5) is 17.8 Å². The van der Waals surface area contributed by atoms with Crippen molar-refractivity contribution in [3.63, 3.8) is 0 Å². The Morgan fingerprint density at radius 3 is 2.09 bits per heavy atom. The lowest BCUT2D eigenvalue weighted by Crippen LogP contribution is -2.25. The van der Waals surface area contributed by atoms with Crippen LogP contribution in [-0.2, 0) is 6.54 Å². The zero-order valence-corrected chi connectivity index (χ0v) is 13.5. The van der Waals surface area contributed by atoms with Gasteiger partial charge in [-0.15, -0.1) is 0 Å². The molecule has 1 heterocycles. The summed E-state index contributed by atoms with van der Waals surface area (Å²) in [6.45, 7) is 9.41. The van der Waals surface area contributed by atoms with Crippen molar-refractivity contribution in [3.8, 4) is 0 Å². The van der Waals surface area contributed by atoms with E-state index in [1.165, 1.54) is 5.56 Å². The first-order valence-electron chi connectivity index (χ1n) is 7.79. The summed E-state index contributed by atoms with van der Waals surface area (Å²) in [7, 11) is 0. The van der Waals surface area contributed by atoms with Crippen LogP contribution in [0.5, 0.6) is 0 Å². The Morgan fingerprint density at radius 2 is 1.50 bits per heavy atom. The lowest BCUT2D eigenvalue weighted by atomic mass is 10.2. The first-order valence-corrected chi connectivity index (χ1v) is 7.79. The summed E-state index contributed by atoms with van der Waals surface area (Å²) in [4.78, 5) is 15.5. The second-order valence-corrected chi connectivity index (χ2v) is 4.82. The van der Waals surface area contributed by atoms with Gasteiger partial charge in [0.05, 0.1) is 0 Å². The molecular formula is C16H24N6. The van der Waals surface area contributed by atoms with Gasteiger partial charge in [0.2, 0.25) is 17.8 Å². The summed E-state index contributed by atoms with van der Waals surface area (Å²) in [5, 5.41) is 6.43. The first kappa shape index (κ1) is 16.0. The second kappa shape index (κ2) is 8.17. The van der Waals surface area contributed by atoms with Crippen molar-refractivity contribution >= 4 is 17.8 Å². The van der Waals surface area contributed by atoms with Crippen molar-refractivity contribution in [1.29, 1.82) is 0 Å². The average molecular weight is 300 g/mol. The molecular weight excluding hydrogens is 276 g/mol. The summed E-state index contributed by atoms with van der Waals surface area (Å²) in [5.41, 5.74) is 1.19. The van der Waals surface area contributed by atoms with E-state index >= 15 is 0 Å². The van der Waals surface area contributed by atoms with E-state index in [2.05, 4.69) is 56.5 Å². The number of hydrogen-bond acceptors (Lipinski definition) is 6. The third-order valence-electron chi connectivity index (χ3n) is 3.30. The number of anilines is 3. The highest BCUT2D eigenvalue weighted by atomic mass is 15.3. The number of hydrogen-bond donors (Lipinski definition) is 2. The molecule has 1 aromatic heterocycles. The molecule has 0 spiro atoms. The van der Waals surface area contributed by atoms with E-state index in [-0.39, 0.29) is 0 Å². The zero-order valence-electron chi connectivity index (χ0n) is 13.5. The smallest absolute Gasteiger partial charge is 0.231 e. The molecule has 0 aliphatic rings. The Bertz CT molecular complexity index is 568. The predicted octanol–water partition coefficient (Wildman–Crippen LogP) is 2.76. The molecule has 2 rings (SSSR count). The van der Waals surface area contributed by atoms with Gasteiger partial charge in [0.15, 0.2) is 0 Å². The maximum atomic E-state index is 4.53. The summed E-state index contributed by atoms with van der Waals surface area (Å²) < 4.78 is 0. The molecule has 1 aromatic carbocycles. The lowest BCUT2D eigenvalue weighted by molar-refractivity contribution is 0.811. The minimum Gasteiger partial charge on any atom is -0.354 e. The summed E-state index contributed by atoms with van der Waals surface area (Å²) in [6.07, 6.45) is 0. The average Bonchev–Trinajstić information content (AvgIpc) is 2.55. The van der Waals surface area contributed by atoms with E-state index in [0.717, 1.165) is 19.6 Å². The van der Waals surface area contributed by atoms with Gasteiger partial charge >= 0.3 is 0 Å². The van der Waals surface area contributed by atoms with Crippen molar-refractivity contribution in [2.75, 3.05) is 35.2 Å². The number of benzene rings is 1. The molecule has 0 aliphatic heterocycles. The number of aromatic nitrogens is 3. The maximum Gasteiger partial charge on any atom is 0.231 e. The Labute approximate surface area is 132 Å². The lowest BCUT2D eigenvalue weighted by Gasteiger charge is -2.19. The maximum absolute atomic E-state index is 4.53. The number of nitrogens with one attached hydrogen (secondary N) is 2. The van der Waals surface area contributed by atoms with Crippen molar-refractivity contribution in [3.05, 3.63) is 35.9 Å². The fraction of sp³-hybridized carbons (Fsp3) is 0.438. The highest BCUT2D eigenvalue weighted by Crippen LogP contribution is 2.14. The number of rotatable bonds is 8. The molecule has 118 valence electrons. The van der Waals surface area contributed by atoms with E-state index in [1.54, 1.807) is 0 Å². The molecule has 0 fully saturated rings. The van der Waals surface area contributed by atoms with Gasteiger partial charge in [-0.2, -0.15) is 15.0 Å². The molecule has 22 heavy (non-hydrogen) atoms. The Hall–Kier alpha value is -2.37. The highest BCUT2D eigenvalue weighted by Gasteiger charge is 2.10. The van der Waals surface area contributed by atoms with E-state index in [1.807, 2.05) is 25.1 Å². The van der Waals surface area contributed by atoms with E-state index in [9.17, 15) is 0 Å². The van der Waals surface area contributed by atoms with Gasteiger partial charge < -0.3 is 15.5 Å². The molecule has 6 heteroatoms. The van der Waals surface area contributed by atoms with E-state index in [4.69, 9.17) is 0 Å². The van der Waals surface area contributed by atoms with Crippen molar-refractivity contribution in [2.24, 2.45) is 0 Å². The zero-order chi connectivity index (χ0) is 15.8. The Morgan fingerprint density at radius 1 is 0.864 bits per heavy atom. The van der Waals surface area contributed by atoms with Crippen molar-refractivity contribution in [1.82, 2.24) is 15.0 Å². The van der Waals surface area contributed by atoms with E-state index < -0.39 is 0 Å². The Kier molecular flexibility index (Phi) is 5.94. The van der Waals surface area contributed by atoms with Crippen LogP contribution in [0.3, 0.4) is 0 Å². The molecule has 0 amide bonds. The molecule has 0 bridgehead atoms. The molecule has 2 N–H and O–H groups in total. The normalized spacial score (nSPS) is 10.3. The number of nitrogens with zero attached hydrogens (tertiary/aromatic N) is 4. The fourth-order valence-electron chi connectivity index (χ4n) is 2.11. The van der Waals surface area contributed by atoms with Gasteiger partial charge in [-0.3, -0.25) is 0 Å². The minimum absolute atomic E-state index is 0.594. The van der Waals surface area contributed by atoms with Gasteiger partial charge in [-0.05, 0) is 26.3 Å². The van der Waals surface area contributed by atoms with Crippen LogP contribution in [0, 0.1) is 0 Å². The van der Waals surface area contributed by atoms with Crippen LogP contribution in [0.2, 0.25) is 0 Å². The second-order valence-electron chi connectivity index (χ2n) is 4.82. The van der Waals surface area contributed by atoms with Crippen LogP contribution in [0.1, 0.15) is 26.3 Å². The van der Waals surface area contributed by atoms with Crippen LogP contribution in [-0.4, -0.2) is 34.6 Å². The van der Waals surface area contributed by atoms with Crippen LogP contribution < -0.4 is 15.5 Å². The molecule has 0 aliphatic carbocycles. The molecule has 0 saturated heterocycles. The topological polar surface area (TPSA) is 66.0 Å². The van der Waals surface area contributed by atoms with Gasteiger partial charge in [0.1, 0.15) is 0 Å². The standard InChI is InChI=1S/C16H24N6/c1-4-17-14-19-15(18-12-13-10-8-7-9-11-13)21-16(20-14)22(5-2)6-3/h7-11H,4-6,12H2,1-3H3,(H2,17,18,19,20,21). The SMILES string of the molecule is CCNc1nc(NCc2ccccc2)nc(N(CC)CC)n1. The first-order chi connectivity index (χ1) is 10.8. The third kappa shape index (κ3) is 4.31. The Balaban J connectivity index is 2.18. The molecule has 6 nitrogen and oxygen atoms in total. The monoisotopic (exact) mass is 300 g/mol. The molecule has 2 aromatic rings. The fourth-order valence-corrected chi connectivity index (χ4v) is 2.11. The van der Waals surface area contributed by atoms with E-state index in [0.29, 0.717) is 24.4 Å². The minimum atomic E-state index is 0.594. The van der Waals surface area contributed by atoms with Crippen molar-refractivity contribution < 1.29 is 0 Å². The summed E-state index contributed by atoms with van der Waals surface area (Å²) >= 11 is 0. The third-order valence-corrected chi connectivity index (χ3v) is 3.30. The molecule has 0 atom stereocenters. The predicted molar refractivity (Wildman–Crippen MR) is 91.3 cm³/mol. The highest BCUT2D eigenvalue weighted by molar-refractivity contribution is 5.44. The van der Waals surface area contributed by atoms with Crippen molar-refractivity contribution in [2.45, 2.75) is 27.3 Å². The molecule has 0 unspecified atom stereocenters. The molecule has 0 radical (unpaired) electrons.